The summed E-state index contributed by atoms with van der Waals surface area (Å²) in [5.74, 6) is -0.448. The van der Waals surface area contributed by atoms with Gasteiger partial charge in [0.15, 0.2) is 0 Å². The molecule has 1 aromatic carbocycles. The van der Waals surface area contributed by atoms with Crippen molar-refractivity contribution in [1.29, 1.82) is 0 Å². The zero-order chi connectivity index (χ0) is 11.0. The van der Waals surface area contributed by atoms with E-state index < -0.39 is 0 Å². The molecule has 1 fully saturated rings. The third-order valence-corrected chi connectivity index (χ3v) is 3.14. The average Bonchev–Trinajstić information content (AvgIpc) is 2.43. The van der Waals surface area contributed by atoms with Crippen LogP contribution in [0.4, 0.5) is 5.69 Å². The molecule has 1 saturated heterocycles. The summed E-state index contributed by atoms with van der Waals surface area (Å²) in [4.78, 5) is 24.6. The van der Waals surface area contributed by atoms with Crippen molar-refractivity contribution in [3.8, 4) is 0 Å². The molecule has 3 nitrogen and oxygen atoms in total. The van der Waals surface area contributed by atoms with E-state index in [1.807, 2.05) is 18.2 Å². The number of halogens is 1. The van der Waals surface area contributed by atoms with Crippen LogP contribution >= 0.6 is 15.9 Å². The summed E-state index contributed by atoms with van der Waals surface area (Å²) in [7, 11) is 0. The first kappa shape index (κ1) is 10.4. The van der Waals surface area contributed by atoms with E-state index in [2.05, 4.69) is 15.9 Å². The smallest absolute Gasteiger partial charge is 0.237 e. The molecule has 0 aromatic heterocycles. The fourth-order valence-corrected chi connectivity index (χ4v) is 2.13. The Morgan fingerprint density at radius 1 is 1.33 bits per heavy atom. The summed E-state index contributed by atoms with van der Waals surface area (Å²) in [6.45, 7) is 1.77. The molecule has 15 heavy (non-hydrogen) atoms. The molecule has 0 spiro atoms. The number of hydrogen-bond donors (Lipinski definition) is 0. The van der Waals surface area contributed by atoms with E-state index in [9.17, 15) is 9.59 Å². The predicted octanol–water partition coefficient (Wildman–Crippen LogP) is 2.35. The van der Waals surface area contributed by atoms with Crippen LogP contribution in [0.2, 0.25) is 0 Å². The van der Waals surface area contributed by atoms with E-state index in [0.717, 1.165) is 4.47 Å². The third kappa shape index (κ3) is 1.69. The highest BCUT2D eigenvalue weighted by Crippen LogP contribution is 2.31. The lowest BCUT2D eigenvalue weighted by atomic mass is 10.1. The lowest BCUT2D eigenvalue weighted by Gasteiger charge is -2.15. The molecule has 0 saturated carbocycles. The number of carbonyl (C=O) groups excluding carboxylic acids is 2. The van der Waals surface area contributed by atoms with Crippen molar-refractivity contribution in [3.63, 3.8) is 0 Å². The number of amides is 2. The lowest BCUT2D eigenvalue weighted by Crippen LogP contribution is -2.30. The van der Waals surface area contributed by atoms with Crippen LogP contribution in [0.3, 0.4) is 0 Å². The van der Waals surface area contributed by atoms with Gasteiger partial charge in [0.1, 0.15) is 0 Å². The van der Waals surface area contributed by atoms with E-state index in [1.165, 1.54) is 4.90 Å². The summed E-state index contributed by atoms with van der Waals surface area (Å²) in [5.41, 5.74) is 0.636. The van der Waals surface area contributed by atoms with Crippen LogP contribution in [-0.4, -0.2) is 11.8 Å². The van der Waals surface area contributed by atoms with Crippen molar-refractivity contribution in [2.24, 2.45) is 5.92 Å². The van der Waals surface area contributed by atoms with Gasteiger partial charge in [0.25, 0.3) is 0 Å². The third-order valence-electron chi connectivity index (χ3n) is 2.47. The van der Waals surface area contributed by atoms with Crippen molar-refractivity contribution in [1.82, 2.24) is 0 Å². The van der Waals surface area contributed by atoms with Crippen LogP contribution in [0.15, 0.2) is 28.7 Å². The van der Waals surface area contributed by atoms with Gasteiger partial charge >= 0.3 is 0 Å². The van der Waals surface area contributed by atoms with Gasteiger partial charge in [-0.2, -0.15) is 0 Å². The first-order valence-electron chi connectivity index (χ1n) is 4.72. The molecule has 2 rings (SSSR count). The Hall–Kier alpha value is -1.16. The number of para-hydroxylation sites is 1. The van der Waals surface area contributed by atoms with Crippen molar-refractivity contribution in [2.75, 3.05) is 4.90 Å². The molecule has 0 bridgehead atoms. The Kier molecular flexibility index (Phi) is 2.61. The number of anilines is 1. The summed E-state index contributed by atoms with van der Waals surface area (Å²) in [6, 6.07) is 7.24. The molecule has 4 heteroatoms. The number of hydrogen-bond acceptors (Lipinski definition) is 2. The molecule has 1 heterocycles. The van der Waals surface area contributed by atoms with Crippen molar-refractivity contribution >= 4 is 33.4 Å². The Labute approximate surface area is 96.2 Å². The first-order valence-corrected chi connectivity index (χ1v) is 5.52. The SMILES string of the molecule is CC1CC(=O)N(c2ccccc2Br)C1=O. The molecule has 0 N–H and O–H groups in total. The zero-order valence-electron chi connectivity index (χ0n) is 8.24. The zero-order valence-corrected chi connectivity index (χ0v) is 9.82. The van der Waals surface area contributed by atoms with Gasteiger partial charge in [0, 0.05) is 16.8 Å². The lowest BCUT2D eigenvalue weighted by molar-refractivity contribution is -0.122. The second-order valence-electron chi connectivity index (χ2n) is 3.62. The second-order valence-corrected chi connectivity index (χ2v) is 4.48. The topological polar surface area (TPSA) is 37.4 Å². The van der Waals surface area contributed by atoms with Gasteiger partial charge in [-0.15, -0.1) is 0 Å². The van der Waals surface area contributed by atoms with Crippen LogP contribution in [0.5, 0.6) is 0 Å². The fourth-order valence-electron chi connectivity index (χ4n) is 1.67. The van der Waals surface area contributed by atoms with Gasteiger partial charge in [-0.1, -0.05) is 19.1 Å². The van der Waals surface area contributed by atoms with Crippen LogP contribution in [0.25, 0.3) is 0 Å². The molecular formula is C11H10BrNO2. The largest absolute Gasteiger partial charge is 0.274 e. The Bertz CT molecular complexity index is 430. The minimum atomic E-state index is -0.204. The minimum absolute atomic E-state index is 0.119. The van der Waals surface area contributed by atoms with Crippen LogP contribution in [0.1, 0.15) is 13.3 Å². The van der Waals surface area contributed by atoms with E-state index >= 15 is 0 Å². The van der Waals surface area contributed by atoms with Crippen LogP contribution in [-0.2, 0) is 9.59 Å². The molecule has 1 atom stereocenters. The molecular weight excluding hydrogens is 258 g/mol. The highest BCUT2D eigenvalue weighted by Gasteiger charge is 2.37. The maximum absolute atomic E-state index is 11.8. The van der Waals surface area contributed by atoms with Crippen LogP contribution in [0, 0.1) is 5.92 Å². The quantitative estimate of drug-likeness (QED) is 0.733. The highest BCUT2D eigenvalue weighted by atomic mass is 79.9. The van der Waals surface area contributed by atoms with Crippen molar-refractivity contribution < 1.29 is 9.59 Å². The van der Waals surface area contributed by atoms with Gasteiger partial charge in [0.05, 0.1) is 5.69 Å². The van der Waals surface area contributed by atoms with Gasteiger partial charge in [0.2, 0.25) is 11.8 Å². The van der Waals surface area contributed by atoms with Crippen LogP contribution < -0.4 is 4.90 Å². The summed E-state index contributed by atoms with van der Waals surface area (Å²) in [6.07, 6.45) is 0.306. The van der Waals surface area contributed by atoms with Gasteiger partial charge in [-0.3, -0.25) is 9.59 Å². The standard InChI is InChI=1S/C11H10BrNO2/c1-7-6-10(14)13(11(7)15)9-5-3-2-4-8(9)12/h2-5,7H,6H2,1H3. The van der Waals surface area contributed by atoms with Crippen molar-refractivity contribution in [2.45, 2.75) is 13.3 Å². The number of carbonyl (C=O) groups is 2. The predicted molar refractivity (Wildman–Crippen MR) is 60.4 cm³/mol. The molecule has 1 unspecified atom stereocenters. The maximum Gasteiger partial charge on any atom is 0.237 e. The molecule has 1 aromatic rings. The number of imide groups is 1. The second kappa shape index (κ2) is 3.77. The summed E-state index contributed by atoms with van der Waals surface area (Å²) < 4.78 is 0.765. The van der Waals surface area contributed by atoms with E-state index in [-0.39, 0.29) is 17.7 Å². The molecule has 78 valence electrons. The monoisotopic (exact) mass is 267 g/mol. The average molecular weight is 268 g/mol. The van der Waals surface area contributed by atoms with Gasteiger partial charge in [-0.25, -0.2) is 4.90 Å². The number of benzene rings is 1. The Balaban J connectivity index is 2.44. The highest BCUT2D eigenvalue weighted by molar-refractivity contribution is 9.10. The molecule has 0 radical (unpaired) electrons. The van der Waals surface area contributed by atoms with Gasteiger partial charge < -0.3 is 0 Å². The summed E-state index contributed by atoms with van der Waals surface area (Å²) >= 11 is 3.34. The number of rotatable bonds is 1. The Morgan fingerprint density at radius 3 is 2.53 bits per heavy atom. The fraction of sp³-hybridized carbons (Fsp3) is 0.273. The van der Waals surface area contributed by atoms with E-state index in [0.29, 0.717) is 12.1 Å². The molecule has 1 aliphatic rings. The minimum Gasteiger partial charge on any atom is -0.274 e. The maximum atomic E-state index is 11.8. The molecule has 2 amide bonds. The van der Waals surface area contributed by atoms with E-state index in [1.54, 1.807) is 13.0 Å². The summed E-state index contributed by atoms with van der Waals surface area (Å²) in [5, 5.41) is 0. The van der Waals surface area contributed by atoms with Gasteiger partial charge in [-0.05, 0) is 28.1 Å². The molecule has 1 aliphatic heterocycles. The van der Waals surface area contributed by atoms with E-state index in [4.69, 9.17) is 0 Å². The normalized spacial score (nSPS) is 21.2. The van der Waals surface area contributed by atoms with Crippen molar-refractivity contribution in [3.05, 3.63) is 28.7 Å². The Morgan fingerprint density at radius 2 is 2.00 bits per heavy atom. The molecule has 0 aliphatic carbocycles. The number of nitrogens with zero attached hydrogens (tertiary/aromatic N) is 1. The first-order chi connectivity index (χ1) is 7.11.